The van der Waals surface area contributed by atoms with E-state index >= 15 is 0 Å². The molecule has 3 aromatic rings. The molecule has 0 aliphatic carbocycles. The van der Waals surface area contributed by atoms with E-state index in [1.54, 1.807) is 14.0 Å². The minimum absolute atomic E-state index is 0.00367. The number of rotatable bonds is 9. The molecular formula is C32H37ClN2O3. The first-order valence-corrected chi connectivity index (χ1v) is 13.6. The lowest BCUT2D eigenvalue weighted by atomic mass is 9.89. The number of carbonyl (C=O) groups is 1. The van der Waals surface area contributed by atoms with E-state index in [1.807, 2.05) is 24.0 Å². The molecule has 1 amide bonds. The van der Waals surface area contributed by atoms with E-state index in [-0.39, 0.29) is 24.1 Å². The molecule has 2 unspecified atom stereocenters. The maximum Gasteiger partial charge on any atom is 0.219 e. The first kappa shape index (κ1) is 27.6. The fourth-order valence-corrected chi connectivity index (χ4v) is 5.14. The summed E-state index contributed by atoms with van der Waals surface area (Å²) in [7, 11) is 1.68. The number of ether oxygens (including phenoxy) is 2. The summed E-state index contributed by atoms with van der Waals surface area (Å²) in [6.07, 6.45) is 5.19. The number of halogens is 1. The molecule has 0 saturated heterocycles. The maximum atomic E-state index is 12.1. The summed E-state index contributed by atoms with van der Waals surface area (Å²) < 4.78 is 12.0. The molecule has 0 fully saturated rings. The molecule has 0 aromatic heterocycles. The quantitative estimate of drug-likeness (QED) is 0.279. The van der Waals surface area contributed by atoms with Gasteiger partial charge in [0.2, 0.25) is 5.91 Å². The molecule has 0 radical (unpaired) electrons. The SMILES string of the molecule is CC[C@@H](C)Oc1cc2c(cc1OC)C=CN(c1ccc(C(C)N(CC)C(C)=O)cc1)C2c1ccc(Cl)cc1. The minimum Gasteiger partial charge on any atom is -0.493 e. The van der Waals surface area contributed by atoms with E-state index in [4.69, 9.17) is 21.1 Å². The molecule has 4 rings (SSSR count). The number of amides is 1. The van der Waals surface area contributed by atoms with Crippen LogP contribution in [0, 0.1) is 0 Å². The Hall–Kier alpha value is -3.44. The largest absolute Gasteiger partial charge is 0.493 e. The van der Waals surface area contributed by atoms with Gasteiger partial charge in [-0.05, 0) is 91.9 Å². The van der Waals surface area contributed by atoms with Crippen LogP contribution in [0.2, 0.25) is 5.02 Å². The Bertz CT molecular complexity index is 1290. The van der Waals surface area contributed by atoms with Gasteiger partial charge in [0.05, 0.1) is 25.3 Å². The molecule has 38 heavy (non-hydrogen) atoms. The highest BCUT2D eigenvalue weighted by molar-refractivity contribution is 6.30. The Morgan fingerprint density at radius 1 is 1.03 bits per heavy atom. The topological polar surface area (TPSA) is 42.0 Å². The molecular weight excluding hydrogens is 496 g/mol. The van der Waals surface area contributed by atoms with Crippen LogP contribution in [0.5, 0.6) is 11.5 Å². The molecule has 3 aromatic carbocycles. The van der Waals surface area contributed by atoms with Crippen molar-refractivity contribution in [3.8, 4) is 11.5 Å². The van der Waals surface area contributed by atoms with Gasteiger partial charge in [0.25, 0.3) is 0 Å². The standard InChI is InChI=1S/C32H37ClN2O3/c1-7-21(3)38-31-20-29-26(19-30(31)37-6)17-18-35(32(29)25-9-13-27(33)14-10-25)28-15-11-24(12-16-28)22(4)34(8-2)23(5)36/h9-22,32H,7-8H2,1-6H3/t21-,22?,32?/m1/s1. The Morgan fingerprint density at radius 2 is 1.71 bits per heavy atom. The number of methoxy groups -OCH3 is 1. The van der Waals surface area contributed by atoms with Crippen LogP contribution in [0.1, 0.15) is 75.4 Å². The highest BCUT2D eigenvalue weighted by Crippen LogP contribution is 2.44. The third-order valence-corrected chi connectivity index (χ3v) is 7.58. The van der Waals surface area contributed by atoms with Crippen molar-refractivity contribution >= 4 is 29.3 Å². The third-order valence-electron chi connectivity index (χ3n) is 7.33. The summed E-state index contributed by atoms with van der Waals surface area (Å²) >= 11 is 6.26. The zero-order valence-electron chi connectivity index (χ0n) is 23.1. The average Bonchev–Trinajstić information content (AvgIpc) is 2.92. The lowest BCUT2D eigenvalue weighted by Crippen LogP contribution is -2.31. The molecule has 1 heterocycles. The second-order valence-electron chi connectivity index (χ2n) is 9.72. The van der Waals surface area contributed by atoms with Crippen molar-refractivity contribution in [2.45, 2.75) is 59.2 Å². The van der Waals surface area contributed by atoms with Crippen LogP contribution >= 0.6 is 11.6 Å². The Morgan fingerprint density at radius 3 is 2.29 bits per heavy atom. The smallest absolute Gasteiger partial charge is 0.219 e. The van der Waals surface area contributed by atoms with Crippen LogP contribution < -0.4 is 14.4 Å². The molecule has 0 spiro atoms. The van der Waals surface area contributed by atoms with E-state index in [0.29, 0.717) is 11.6 Å². The second kappa shape index (κ2) is 12.0. The van der Waals surface area contributed by atoms with Crippen LogP contribution in [-0.4, -0.2) is 30.6 Å². The fraction of sp³-hybridized carbons (Fsp3) is 0.344. The van der Waals surface area contributed by atoms with Crippen LogP contribution in [0.25, 0.3) is 6.08 Å². The third kappa shape index (κ3) is 5.68. The predicted octanol–water partition coefficient (Wildman–Crippen LogP) is 8.04. The number of fused-ring (bicyclic) bond motifs is 1. The highest BCUT2D eigenvalue weighted by Gasteiger charge is 2.29. The molecule has 6 heteroatoms. The van der Waals surface area contributed by atoms with Crippen molar-refractivity contribution in [3.05, 3.63) is 94.1 Å². The lowest BCUT2D eigenvalue weighted by molar-refractivity contribution is -0.130. The number of benzene rings is 3. The predicted molar refractivity (Wildman–Crippen MR) is 156 cm³/mol. The maximum absolute atomic E-state index is 12.1. The van der Waals surface area contributed by atoms with Gasteiger partial charge in [0, 0.05) is 30.4 Å². The molecule has 0 saturated carbocycles. The van der Waals surface area contributed by atoms with Crippen LogP contribution in [0.3, 0.4) is 0 Å². The first-order chi connectivity index (χ1) is 18.3. The molecule has 1 aliphatic rings. The van der Waals surface area contributed by atoms with Crippen molar-refractivity contribution in [2.75, 3.05) is 18.6 Å². The number of anilines is 1. The Kier molecular flexibility index (Phi) is 8.68. The van der Waals surface area contributed by atoms with Gasteiger partial charge in [0.1, 0.15) is 0 Å². The van der Waals surface area contributed by atoms with Gasteiger partial charge in [-0.1, -0.05) is 42.8 Å². The molecule has 3 atom stereocenters. The lowest BCUT2D eigenvalue weighted by Gasteiger charge is -2.36. The summed E-state index contributed by atoms with van der Waals surface area (Å²) in [5.41, 5.74) is 5.48. The second-order valence-corrected chi connectivity index (χ2v) is 10.2. The van der Waals surface area contributed by atoms with Gasteiger partial charge in [-0.25, -0.2) is 0 Å². The fourth-order valence-electron chi connectivity index (χ4n) is 5.02. The summed E-state index contributed by atoms with van der Waals surface area (Å²) in [5.74, 6) is 1.54. The molecule has 5 nitrogen and oxygen atoms in total. The van der Waals surface area contributed by atoms with Crippen molar-refractivity contribution in [1.29, 1.82) is 0 Å². The van der Waals surface area contributed by atoms with Crippen molar-refractivity contribution in [1.82, 2.24) is 4.90 Å². The summed E-state index contributed by atoms with van der Waals surface area (Å²) in [4.78, 5) is 16.2. The molecule has 1 aliphatic heterocycles. The van der Waals surface area contributed by atoms with Gasteiger partial charge in [0.15, 0.2) is 11.5 Å². The number of hydrogen-bond acceptors (Lipinski definition) is 4. The van der Waals surface area contributed by atoms with E-state index in [0.717, 1.165) is 45.9 Å². The van der Waals surface area contributed by atoms with Crippen molar-refractivity contribution < 1.29 is 14.3 Å². The average molecular weight is 533 g/mol. The van der Waals surface area contributed by atoms with Gasteiger partial charge >= 0.3 is 0 Å². The zero-order chi connectivity index (χ0) is 27.4. The van der Waals surface area contributed by atoms with E-state index in [2.05, 4.69) is 86.5 Å². The molecule has 200 valence electrons. The van der Waals surface area contributed by atoms with Gasteiger partial charge < -0.3 is 19.3 Å². The van der Waals surface area contributed by atoms with Crippen LogP contribution in [0.15, 0.2) is 66.9 Å². The van der Waals surface area contributed by atoms with Crippen molar-refractivity contribution in [2.24, 2.45) is 0 Å². The van der Waals surface area contributed by atoms with E-state index in [9.17, 15) is 4.79 Å². The van der Waals surface area contributed by atoms with Crippen LogP contribution in [-0.2, 0) is 4.79 Å². The van der Waals surface area contributed by atoms with Crippen molar-refractivity contribution in [3.63, 3.8) is 0 Å². The summed E-state index contributed by atoms with van der Waals surface area (Å²) in [6, 6.07) is 20.5. The van der Waals surface area contributed by atoms with Gasteiger partial charge in [-0.15, -0.1) is 0 Å². The Balaban J connectivity index is 1.78. The molecule has 0 bridgehead atoms. The summed E-state index contributed by atoms with van der Waals surface area (Å²) in [5, 5.41) is 0.701. The summed E-state index contributed by atoms with van der Waals surface area (Å²) in [6.45, 7) is 10.5. The number of hydrogen-bond donors (Lipinski definition) is 0. The highest BCUT2D eigenvalue weighted by atomic mass is 35.5. The monoisotopic (exact) mass is 532 g/mol. The number of nitrogens with zero attached hydrogens (tertiary/aromatic N) is 2. The van der Waals surface area contributed by atoms with Gasteiger partial charge in [-0.3, -0.25) is 4.79 Å². The number of carbonyl (C=O) groups excluding carboxylic acids is 1. The first-order valence-electron chi connectivity index (χ1n) is 13.2. The van der Waals surface area contributed by atoms with E-state index in [1.165, 1.54) is 0 Å². The van der Waals surface area contributed by atoms with E-state index < -0.39 is 0 Å². The van der Waals surface area contributed by atoms with Crippen LogP contribution in [0.4, 0.5) is 5.69 Å². The minimum atomic E-state index is -0.0925. The normalized spacial score (nSPS) is 16.0. The Labute approximate surface area is 231 Å². The zero-order valence-corrected chi connectivity index (χ0v) is 23.8. The van der Waals surface area contributed by atoms with Gasteiger partial charge in [-0.2, -0.15) is 0 Å². The molecule has 0 N–H and O–H groups in total.